The summed E-state index contributed by atoms with van der Waals surface area (Å²) >= 11 is 0. The lowest BCUT2D eigenvalue weighted by Crippen LogP contribution is -2.52. The van der Waals surface area contributed by atoms with Crippen LogP contribution in [0.4, 0.5) is 22.0 Å². The van der Waals surface area contributed by atoms with E-state index in [2.05, 4.69) is 10.1 Å². The summed E-state index contributed by atoms with van der Waals surface area (Å²) in [6, 6.07) is 6.09. The number of nitrogens with zero attached hydrogens (tertiary/aromatic N) is 1. The highest BCUT2D eigenvalue weighted by Gasteiger charge is 2.41. The van der Waals surface area contributed by atoms with Crippen LogP contribution in [0.5, 0.6) is 5.75 Å². The third-order valence-corrected chi connectivity index (χ3v) is 6.34. The second-order valence-electron chi connectivity index (χ2n) is 8.92. The number of rotatable bonds is 7. The van der Waals surface area contributed by atoms with Gasteiger partial charge in [0.15, 0.2) is 0 Å². The smallest absolute Gasteiger partial charge is 0.406 e. The number of fused-ring (bicyclic) bond motifs is 1. The van der Waals surface area contributed by atoms with Gasteiger partial charge in [0.25, 0.3) is 5.91 Å². The number of ketones is 1. The Hall–Kier alpha value is -3.83. The summed E-state index contributed by atoms with van der Waals surface area (Å²) in [6.45, 7) is 1.26. The zero-order valence-corrected chi connectivity index (χ0v) is 19.5. The Morgan fingerprint density at radius 3 is 2.46 bits per heavy atom. The number of carbonyl (C=O) groups is 4. The van der Waals surface area contributed by atoms with Crippen molar-refractivity contribution in [2.45, 2.75) is 57.5 Å². The number of ether oxygens (including phenoxy) is 1. The maximum atomic E-state index is 14.8. The minimum absolute atomic E-state index is 0.0669. The molecule has 7 nitrogen and oxygen atoms in total. The predicted octanol–water partition coefficient (Wildman–Crippen LogP) is 3.95. The number of aryl methyl sites for hydroxylation is 2. The summed E-state index contributed by atoms with van der Waals surface area (Å²) in [7, 11) is 0. The lowest BCUT2D eigenvalue weighted by atomic mass is 9.96. The van der Waals surface area contributed by atoms with Gasteiger partial charge in [0.05, 0.1) is 0 Å². The van der Waals surface area contributed by atoms with Crippen LogP contribution in [0.15, 0.2) is 36.4 Å². The van der Waals surface area contributed by atoms with Crippen LogP contribution in [0.1, 0.15) is 51.9 Å². The SMILES string of the molecule is Cc1cc(C(F)(F)C(=O)CCc2ccc3c(c2)CN(C2CCC(=O)NC2=O)C3=O)ccc1OC(F)(F)F. The molecule has 37 heavy (non-hydrogen) atoms. The van der Waals surface area contributed by atoms with Crippen molar-refractivity contribution in [2.75, 3.05) is 0 Å². The molecule has 2 aromatic carbocycles. The highest BCUT2D eigenvalue weighted by atomic mass is 19.4. The number of alkyl halides is 5. The first-order valence-electron chi connectivity index (χ1n) is 11.3. The summed E-state index contributed by atoms with van der Waals surface area (Å²) in [5.41, 5.74) is 0.491. The normalized spacial score (nSPS) is 18.1. The molecule has 0 aromatic heterocycles. The van der Waals surface area contributed by atoms with Gasteiger partial charge in [0, 0.05) is 30.5 Å². The first kappa shape index (κ1) is 26.2. The Kier molecular flexibility index (Phi) is 6.78. The van der Waals surface area contributed by atoms with Crippen molar-refractivity contribution in [3.63, 3.8) is 0 Å². The molecule has 2 heterocycles. The molecule has 1 unspecified atom stereocenters. The molecular weight excluding hydrogens is 503 g/mol. The maximum Gasteiger partial charge on any atom is 0.573 e. The van der Waals surface area contributed by atoms with Gasteiger partial charge in [0.2, 0.25) is 17.6 Å². The second-order valence-corrected chi connectivity index (χ2v) is 8.92. The van der Waals surface area contributed by atoms with Crippen molar-refractivity contribution < 1.29 is 45.9 Å². The molecule has 3 amide bonds. The third kappa shape index (κ3) is 5.47. The minimum atomic E-state index is -4.98. The minimum Gasteiger partial charge on any atom is -0.406 e. The van der Waals surface area contributed by atoms with Crippen LogP contribution < -0.4 is 10.1 Å². The van der Waals surface area contributed by atoms with E-state index in [1.54, 1.807) is 6.07 Å². The largest absolute Gasteiger partial charge is 0.573 e. The molecule has 0 saturated carbocycles. The molecule has 1 atom stereocenters. The lowest BCUT2D eigenvalue weighted by Gasteiger charge is -2.29. The number of amides is 3. The first-order chi connectivity index (χ1) is 17.3. The molecule has 196 valence electrons. The van der Waals surface area contributed by atoms with E-state index in [1.165, 1.54) is 17.0 Å². The van der Waals surface area contributed by atoms with Gasteiger partial charge < -0.3 is 9.64 Å². The first-order valence-corrected chi connectivity index (χ1v) is 11.3. The van der Waals surface area contributed by atoms with Gasteiger partial charge in [-0.15, -0.1) is 13.2 Å². The lowest BCUT2D eigenvalue weighted by molar-refractivity contribution is -0.274. The number of carbonyl (C=O) groups excluding carboxylic acids is 4. The topological polar surface area (TPSA) is 92.8 Å². The number of Topliss-reactive ketones (excluding diaryl/α,β-unsaturated/α-hetero) is 1. The van der Waals surface area contributed by atoms with Crippen LogP contribution in [0, 0.1) is 6.92 Å². The standard InChI is InChI=1S/C25H21F5N2O5/c1-13-10-16(4-7-19(13)37-25(28,29)30)24(26,27)20(33)8-3-14-2-5-17-15(11-14)12-32(23(17)36)18-6-9-21(34)31-22(18)35/h2,4-5,7,10-11,18H,3,6,8-9,12H2,1H3,(H,31,34,35). The number of halogens is 5. The van der Waals surface area contributed by atoms with Gasteiger partial charge in [-0.25, -0.2) is 0 Å². The number of imide groups is 1. The quantitative estimate of drug-likeness (QED) is 0.438. The molecule has 0 aliphatic carbocycles. The van der Waals surface area contributed by atoms with Gasteiger partial charge in [-0.1, -0.05) is 12.1 Å². The summed E-state index contributed by atoms with van der Waals surface area (Å²) in [5.74, 6) is -7.34. The summed E-state index contributed by atoms with van der Waals surface area (Å²) in [5, 5.41) is 2.20. The van der Waals surface area contributed by atoms with E-state index < -0.39 is 53.7 Å². The monoisotopic (exact) mass is 524 g/mol. The molecular formula is C25H21F5N2O5. The van der Waals surface area contributed by atoms with Gasteiger partial charge in [-0.3, -0.25) is 24.5 Å². The summed E-state index contributed by atoms with van der Waals surface area (Å²) < 4.78 is 70.6. The number of piperidine rings is 1. The van der Waals surface area contributed by atoms with E-state index in [-0.39, 0.29) is 37.3 Å². The molecule has 1 saturated heterocycles. The van der Waals surface area contributed by atoms with Crippen LogP contribution >= 0.6 is 0 Å². The maximum absolute atomic E-state index is 14.8. The van der Waals surface area contributed by atoms with Crippen LogP contribution in [0.3, 0.4) is 0 Å². The van der Waals surface area contributed by atoms with Crippen molar-refractivity contribution in [3.05, 3.63) is 64.2 Å². The number of nitrogens with one attached hydrogen (secondary N) is 1. The molecule has 4 rings (SSSR count). The average Bonchev–Trinajstić information content (AvgIpc) is 3.13. The number of hydrogen-bond acceptors (Lipinski definition) is 5. The molecule has 2 aromatic rings. The van der Waals surface area contributed by atoms with Crippen molar-refractivity contribution >= 4 is 23.5 Å². The highest BCUT2D eigenvalue weighted by molar-refractivity contribution is 6.05. The van der Waals surface area contributed by atoms with Crippen LogP contribution in [-0.4, -0.2) is 40.8 Å². The fraction of sp³-hybridized carbons (Fsp3) is 0.360. The van der Waals surface area contributed by atoms with E-state index >= 15 is 0 Å². The Morgan fingerprint density at radius 2 is 1.81 bits per heavy atom. The van der Waals surface area contributed by atoms with E-state index in [9.17, 15) is 41.1 Å². The van der Waals surface area contributed by atoms with E-state index in [4.69, 9.17) is 0 Å². The van der Waals surface area contributed by atoms with E-state index in [0.29, 0.717) is 16.7 Å². The zero-order chi connectivity index (χ0) is 27.1. The molecule has 1 fully saturated rings. The van der Waals surface area contributed by atoms with Crippen LogP contribution in [0.25, 0.3) is 0 Å². The van der Waals surface area contributed by atoms with Gasteiger partial charge >= 0.3 is 12.3 Å². The molecule has 1 N–H and O–H groups in total. The Bertz CT molecular complexity index is 1290. The average molecular weight is 524 g/mol. The van der Waals surface area contributed by atoms with E-state index in [1.807, 2.05) is 0 Å². The fourth-order valence-corrected chi connectivity index (χ4v) is 4.44. The van der Waals surface area contributed by atoms with Crippen LogP contribution in [0.2, 0.25) is 0 Å². The van der Waals surface area contributed by atoms with Gasteiger partial charge in [-0.05, 0) is 60.7 Å². The zero-order valence-electron chi connectivity index (χ0n) is 19.5. The van der Waals surface area contributed by atoms with Crippen molar-refractivity contribution in [1.82, 2.24) is 10.2 Å². The molecule has 0 spiro atoms. The number of benzene rings is 2. The fourth-order valence-electron chi connectivity index (χ4n) is 4.44. The van der Waals surface area contributed by atoms with Crippen molar-refractivity contribution in [1.29, 1.82) is 0 Å². The molecule has 2 aliphatic rings. The number of hydrogen-bond donors (Lipinski definition) is 1. The second kappa shape index (κ2) is 9.56. The predicted molar refractivity (Wildman–Crippen MR) is 118 cm³/mol. The van der Waals surface area contributed by atoms with Gasteiger partial charge in [-0.2, -0.15) is 8.78 Å². The molecule has 0 radical (unpaired) electrons. The van der Waals surface area contributed by atoms with Crippen molar-refractivity contribution in [3.8, 4) is 5.75 Å². The third-order valence-electron chi connectivity index (χ3n) is 6.34. The Labute approximate surface area is 207 Å². The Morgan fingerprint density at radius 1 is 1.08 bits per heavy atom. The van der Waals surface area contributed by atoms with Gasteiger partial charge in [0.1, 0.15) is 11.8 Å². The molecule has 12 heteroatoms. The van der Waals surface area contributed by atoms with Crippen molar-refractivity contribution in [2.24, 2.45) is 0 Å². The summed E-state index contributed by atoms with van der Waals surface area (Å²) in [4.78, 5) is 50.0. The van der Waals surface area contributed by atoms with Crippen LogP contribution in [-0.2, 0) is 33.3 Å². The summed E-state index contributed by atoms with van der Waals surface area (Å²) in [6.07, 6.45) is -5.30. The molecule has 2 aliphatic heterocycles. The molecule has 0 bridgehead atoms. The highest BCUT2D eigenvalue weighted by Crippen LogP contribution is 2.35. The van der Waals surface area contributed by atoms with E-state index in [0.717, 1.165) is 25.1 Å². The Balaban J connectivity index is 1.42.